The van der Waals surface area contributed by atoms with Crippen molar-refractivity contribution < 1.29 is 9.59 Å². The summed E-state index contributed by atoms with van der Waals surface area (Å²) in [6.45, 7) is 5.11. The fourth-order valence-corrected chi connectivity index (χ4v) is 2.07. The van der Waals surface area contributed by atoms with E-state index in [1.54, 1.807) is 11.9 Å². The van der Waals surface area contributed by atoms with Crippen LogP contribution in [0.25, 0.3) is 0 Å². The third-order valence-corrected chi connectivity index (χ3v) is 3.08. The van der Waals surface area contributed by atoms with Crippen molar-refractivity contribution in [3.63, 3.8) is 0 Å². The van der Waals surface area contributed by atoms with E-state index in [0.29, 0.717) is 13.1 Å². The molecule has 0 bridgehead atoms. The second kappa shape index (κ2) is 4.20. The van der Waals surface area contributed by atoms with Crippen molar-refractivity contribution in [1.29, 1.82) is 0 Å². The van der Waals surface area contributed by atoms with E-state index in [1.807, 2.05) is 32.0 Å². The third-order valence-electron chi connectivity index (χ3n) is 3.08. The summed E-state index contributed by atoms with van der Waals surface area (Å²) in [7, 11) is 1.65. The average Bonchev–Trinajstić information content (AvgIpc) is 2.28. The molecule has 17 heavy (non-hydrogen) atoms. The summed E-state index contributed by atoms with van der Waals surface area (Å²) < 4.78 is 0. The molecule has 0 N–H and O–H groups in total. The Hall–Kier alpha value is -1.84. The van der Waals surface area contributed by atoms with Crippen molar-refractivity contribution in [3.8, 4) is 0 Å². The highest BCUT2D eigenvalue weighted by atomic mass is 16.2. The first-order valence-electron chi connectivity index (χ1n) is 5.65. The van der Waals surface area contributed by atoms with E-state index in [-0.39, 0.29) is 0 Å². The van der Waals surface area contributed by atoms with Gasteiger partial charge in [-0.15, -0.1) is 0 Å². The number of amides is 2. The van der Waals surface area contributed by atoms with E-state index < -0.39 is 11.8 Å². The van der Waals surface area contributed by atoms with Crippen molar-refractivity contribution >= 4 is 17.5 Å². The Kier molecular flexibility index (Phi) is 2.88. The highest BCUT2D eigenvalue weighted by molar-refractivity contribution is 6.41. The predicted molar refractivity (Wildman–Crippen MR) is 65.9 cm³/mol. The summed E-state index contributed by atoms with van der Waals surface area (Å²) in [5, 5.41) is 0. The molecular formula is C13H16N2O2. The van der Waals surface area contributed by atoms with Gasteiger partial charge in [0, 0.05) is 25.8 Å². The van der Waals surface area contributed by atoms with Crippen LogP contribution in [0.2, 0.25) is 0 Å². The summed E-state index contributed by atoms with van der Waals surface area (Å²) in [6.07, 6.45) is 0. The van der Waals surface area contributed by atoms with Gasteiger partial charge in [-0.2, -0.15) is 0 Å². The molecule has 0 saturated carbocycles. The molecule has 1 saturated heterocycles. The monoisotopic (exact) mass is 232 g/mol. The Bertz CT molecular complexity index is 482. The molecule has 0 aromatic heterocycles. The molecule has 1 aliphatic rings. The normalized spacial score (nSPS) is 16.6. The first-order chi connectivity index (χ1) is 8.00. The Morgan fingerprint density at radius 3 is 2.41 bits per heavy atom. The van der Waals surface area contributed by atoms with Crippen molar-refractivity contribution in [3.05, 3.63) is 29.3 Å². The van der Waals surface area contributed by atoms with E-state index in [2.05, 4.69) is 0 Å². The second-order valence-electron chi connectivity index (χ2n) is 4.47. The van der Waals surface area contributed by atoms with Crippen molar-refractivity contribution in [1.82, 2.24) is 4.90 Å². The Labute approximate surface area is 101 Å². The Morgan fingerprint density at radius 1 is 1.06 bits per heavy atom. The summed E-state index contributed by atoms with van der Waals surface area (Å²) >= 11 is 0. The molecule has 2 amide bonds. The molecule has 0 spiro atoms. The van der Waals surface area contributed by atoms with E-state index >= 15 is 0 Å². The average molecular weight is 232 g/mol. The largest absolute Gasteiger partial charge is 0.336 e. The van der Waals surface area contributed by atoms with Gasteiger partial charge in [-0.25, -0.2) is 0 Å². The number of carbonyl (C=O) groups excluding carboxylic acids is 2. The van der Waals surface area contributed by atoms with Gasteiger partial charge in [-0.1, -0.05) is 17.7 Å². The summed E-state index contributed by atoms with van der Waals surface area (Å²) in [5.41, 5.74) is 3.01. The smallest absolute Gasteiger partial charge is 0.316 e. The molecule has 0 aliphatic carbocycles. The Morgan fingerprint density at radius 2 is 1.76 bits per heavy atom. The molecule has 1 aliphatic heterocycles. The third kappa shape index (κ3) is 2.02. The number of carbonyl (C=O) groups is 2. The van der Waals surface area contributed by atoms with Gasteiger partial charge in [0.05, 0.1) is 0 Å². The first-order valence-corrected chi connectivity index (χ1v) is 5.65. The minimum Gasteiger partial charge on any atom is -0.336 e. The molecule has 0 radical (unpaired) electrons. The molecule has 1 heterocycles. The second-order valence-corrected chi connectivity index (χ2v) is 4.47. The summed E-state index contributed by atoms with van der Waals surface area (Å²) in [4.78, 5) is 26.6. The fourth-order valence-electron chi connectivity index (χ4n) is 2.07. The lowest BCUT2D eigenvalue weighted by Crippen LogP contribution is -2.53. The zero-order valence-corrected chi connectivity index (χ0v) is 10.4. The van der Waals surface area contributed by atoms with Gasteiger partial charge < -0.3 is 9.80 Å². The first kappa shape index (κ1) is 11.6. The molecule has 0 unspecified atom stereocenters. The molecule has 4 nitrogen and oxygen atoms in total. The van der Waals surface area contributed by atoms with Crippen molar-refractivity contribution in [2.45, 2.75) is 13.8 Å². The highest BCUT2D eigenvalue weighted by Crippen LogP contribution is 2.23. The van der Waals surface area contributed by atoms with Gasteiger partial charge in [0.1, 0.15) is 0 Å². The minimum absolute atomic E-state index is 0.434. The van der Waals surface area contributed by atoms with Crippen molar-refractivity contribution in [2.75, 3.05) is 25.0 Å². The SMILES string of the molecule is Cc1ccc(N2CCN(C)C(=O)C2=O)c(C)c1. The maximum Gasteiger partial charge on any atom is 0.316 e. The van der Waals surface area contributed by atoms with Crippen molar-refractivity contribution in [2.24, 2.45) is 0 Å². The number of aryl methyl sites for hydroxylation is 2. The number of benzene rings is 1. The lowest BCUT2D eigenvalue weighted by atomic mass is 10.1. The lowest BCUT2D eigenvalue weighted by Gasteiger charge is -2.32. The van der Waals surface area contributed by atoms with Gasteiger partial charge in [-0.3, -0.25) is 9.59 Å². The van der Waals surface area contributed by atoms with E-state index in [9.17, 15) is 9.59 Å². The molecular weight excluding hydrogens is 216 g/mol. The molecule has 1 aromatic carbocycles. The standard InChI is InChI=1S/C13H16N2O2/c1-9-4-5-11(10(2)8-9)15-7-6-14(3)12(16)13(15)17/h4-5,8H,6-7H2,1-3H3. The van der Waals surface area contributed by atoms with Crippen LogP contribution < -0.4 is 4.90 Å². The van der Waals surface area contributed by atoms with Crippen LogP contribution in [0.5, 0.6) is 0 Å². The molecule has 90 valence electrons. The zero-order chi connectivity index (χ0) is 12.6. The quantitative estimate of drug-likeness (QED) is 0.680. The van der Waals surface area contributed by atoms with Crippen LogP contribution in [-0.4, -0.2) is 36.9 Å². The number of anilines is 1. The van der Waals surface area contributed by atoms with Crippen LogP contribution >= 0.6 is 0 Å². The molecule has 1 aromatic rings. The molecule has 4 heteroatoms. The zero-order valence-electron chi connectivity index (χ0n) is 10.4. The number of piperazine rings is 1. The van der Waals surface area contributed by atoms with Crippen LogP contribution in [-0.2, 0) is 9.59 Å². The fraction of sp³-hybridized carbons (Fsp3) is 0.385. The van der Waals surface area contributed by atoms with E-state index in [1.165, 1.54) is 4.90 Å². The Balaban J connectivity index is 2.34. The van der Waals surface area contributed by atoms with E-state index in [4.69, 9.17) is 0 Å². The van der Waals surface area contributed by atoms with Gasteiger partial charge in [0.25, 0.3) is 0 Å². The van der Waals surface area contributed by atoms with Crippen LogP contribution in [0.3, 0.4) is 0 Å². The molecule has 0 atom stereocenters. The van der Waals surface area contributed by atoms with Crippen LogP contribution in [0.4, 0.5) is 5.69 Å². The van der Waals surface area contributed by atoms with Gasteiger partial charge in [-0.05, 0) is 25.5 Å². The number of hydrogen-bond acceptors (Lipinski definition) is 2. The summed E-state index contributed by atoms with van der Waals surface area (Å²) in [5.74, 6) is -0.873. The topological polar surface area (TPSA) is 40.6 Å². The van der Waals surface area contributed by atoms with E-state index in [0.717, 1.165) is 16.8 Å². The number of rotatable bonds is 1. The highest BCUT2D eigenvalue weighted by Gasteiger charge is 2.31. The number of likely N-dealkylation sites (N-methyl/N-ethyl adjacent to an activating group) is 1. The maximum absolute atomic E-state index is 11.9. The number of nitrogens with zero attached hydrogens (tertiary/aromatic N) is 2. The predicted octanol–water partition coefficient (Wildman–Crippen LogP) is 1.11. The number of hydrogen-bond donors (Lipinski definition) is 0. The lowest BCUT2D eigenvalue weighted by molar-refractivity contribution is -0.145. The van der Waals surface area contributed by atoms with Gasteiger partial charge in [0.15, 0.2) is 0 Å². The van der Waals surface area contributed by atoms with Crippen LogP contribution in [0, 0.1) is 13.8 Å². The van der Waals surface area contributed by atoms with Crippen LogP contribution in [0.1, 0.15) is 11.1 Å². The molecule has 1 fully saturated rings. The van der Waals surface area contributed by atoms with Crippen LogP contribution in [0.15, 0.2) is 18.2 Å². The molecule has 2 rings (SSSR count). The van der Waals surface area contributed by atoms with Gasteiger partial charge in [0.2, 0.25) is 0 Å². The van der Waals surface area contributed by atoms with Gasteiger partial charge >= 0.3 is 11.8 Å². The summed E-state index contributed by atoms with van der Waals surface area (Å²) in [6, 6.07) is 5.88. The maximum atomic E-state index is 11.9. The minimum atomic E-state index is -0.439.